The zero-order chi connectivity index (χ0) is 13.7. The van der Waals surface area contributed by atoms with Crippen molar-refractivity contribution in [3.8, 4) is 0 Å². The molecule has 0 amide bonds. The second-order valence-electron chi connectivity index (χ2n) is 5.06. The summed E-state index contributed by atoms with van der Waals surface area (Å²) >= 11 is 1.77. The molecule has 3 heteroatoms. The number of pyridine rings is 1. The molecule has 0 aliphatic rings. The maximum absolute atomic E-state index is 4.62. The third kappa shape index (κ3) is 4.15. The smallest absolute Gasteiger partial charge is 0.0547 e. The van der Waals surface area contributed by atoms with Gasteiger partial charge in [0.15, 0.2) is 0 Å². The van der Waals surface area contributed by atoms with Crippen LogP contribution in [0.15, 0.2) is 35.0 Å². The minimum Gasteiger partial charge on any atom is -0.291 e. The highest BCUT2D eigenvalue weighted by atomic mass is 32.1. The second-order valence-corrected chi connectivity index (χ2v) is 5.84. The van der Waals surface area contributed by atoms with Gasteiger partial charge in [0, 0.05) is 24.8 Å². The monoisotopic (exact) mass is 274 g/mol. The Bertz CT molecular complexity index is 493. The fraction of sp³-hybridized carbons (Fsp3) is 0.438. The molecule has 2 nitrogen and oxygen atoms in total. The van der Waals surface area contributed by atoms with Crippen molar-refractivity contribution < 1.29 is 0 Å². The molecule has 2 rings (SSSR count). The number of hydrogen-bond donors (Lipinski definition) is 0. The van der Waals surface area contributed by atoms with E-state index in [1.54, 1.807) is 11.3 Å². The van der Waals surface area contributed by atoms with Crippen LogP contribution in [0.2, 0.25) is 0 Å². The molecule has 0 spiro atoms. The van der Waals surface area contributed by atoms with E-state index >= 15 is 0 Å². The van der Waals surface area contributed by atoms with Gasteiger partial charge in [-0.1, -0.05) is 13.0 Å². The van der Waals surface area contributed by atoms with Gasteiger partial charge in [-0.05, 0) is 54.8 Å². The van der Waals surface area contributed by atoms with Crippen molar-refractivity contribution in [2.75, 3.05) is 0 Å². The Balaban J connectivity index is 2.09. The standard InChI is InChI=1S/C16H22N2S/c1-4-14(3)18(10-15-8-9-19-12-15)11-16-7-5-6-13(2)17-16/h5-9,12,14H,4,10-11H2,1-3H3. The Morgan fingerprint density at radius 2 is 2.11 bits per heavy atom. The van der Waals surface area contributed by atoms with Crippen LogP contribution in [0.1, 0.15) is 37.2 Å². The Labute approximate surface area is 120 Å². The summed E-state index contributed by atoms with van der Waals surface area (Å²) in [6.07, 6.45) is 1.16. The molecule has 0 aliphatic carbocycles. The molecular formula is C16H22N2S. The van der Waals surface area contributed by atoms with Crippen molar-refractivity contribution in [3.05, 3.63) is 52.0 Å². The van der Waals surface area contributed by atoms with Gasteiger partial charge < -0.3 is 0 Å². The Morgan fingerprint density at radius 3 is 2.74 bits per heavy atom. The lowest BCUT2D eigenvalue weighted by molar-refractivity contribution is 0.184. The number of aryl methyl sites for hydroxylation is 1. The summed E-state index contributed by atoms with van der Waals surface area (Å²) in [5.41, 5.74) is 3.66. The van der Waals surface area contributed by atoms with E-state index in [1.165, 1.54) is 5.56 Å². The normalized spacial score (nSPS) is 12.8. The lowest BCUT2D eigenvalue weighted by Crippen LogP contribution is -2.31. The van der Waals surface area contributed by atoms with Gasteiger partial charge in [-0.25, -0.2) is 0 Å². The highest BCUT2D eigenvalue weighted by Crippen LogP contribution is 2.16. The second kappa shape index (κ2) is 6.83. The predicted octanol–water partition coefficient (Wildman–Crippen LogP) is 4.25. The first kappa shape index (κ1) is 14.2. The molecule has 0 bridgehead atoms. The molecule has 19 heavy (non-hydrogen) atoms. The minimum atomic E-state index is 0.571. The van der Waals surface area contributed by atoms with E-state index in [2.05, 4.69) is 65.7 Å². The van der Waals surface area contributed by atoms with Crippen LogP contribution in [0.25, 0.3) is 0 Å². The van der Waals surface area contributed by atoms with Crippen molar-refractivity contribution in [1.82, 2.24) is 9.88 Å². The molecule has 0 aromatic carbocycles. The summed E-state index contributed by atoms with van der Waals surface area (Å²) in [7, 11) is 0. The number of rotatable bonds is 6. The summed E-state index contributed by atoms with van der Waals surface area (Å²) in [6.45, 7) is 8.52. The SMILES string of the molecule is CCC(C)N(Cc1ccsc1)Cc1cccc(C)n1. The summed E-state index contributed by atoms with van der Waals surface area (Å²) in [5.74, 6) is 0. The van der Waals surface area contributed by atoms with E-state index in [9.17, 15) is 0 Å². The van der Waals surface area contributed by atoms with Crippen molar-refractivity contribution in [2.24, 2.45) is 0 Å². The van der Waals surface area contributed by atoms with Gasteiger partial charge in [0.1, 0.15) is 0 Å². The predicted molar refractivity (Wildman–Crippen MR) is 82.3 cm³/mol. The first-order valence-electron chi connectivity index (χ1n) is 6.86. The van der Waals surface area contributed by atoms with Crippen molar-refractivity contribution in [3.63, 3.8) is 0 Å². The van der Waals surface area contributed by atoms with Crippen LogP contribution in [-0.4, -0.2) is 15.9 Å². The van der Waals surface area contributed by atoms with E-state index in [0.29, 0.717) is 6.04 Å². The first-order valence-corrected chi connectivity index (χ1v) is 7.81. The van der Waals surface area contributed by atoms with Gasteiger partial charge in [0.05, 0.1) is 5.69 Å². The van der Waals surface area contributed by atoms with Crippen molar-refractivity contribution >= 4 is 11.3 Å². The molecule has 102 valence electrons. The fourth-order valence-corrected chi connectivity index (χ4v) is 2.80. The molecule has 0 saturated heterocycles. The number of thiophene rings is 1. The molecular weight excluding hydrogens is 252 g/mol. The van der Waals surface area contributed by atoms with Gasteiger partial charge >= 0.3 is 0 Å². The summed E-state index contributed by atoms with van der Waals surface area (Å²) in [4.78, 5) is 7.12. The van der Waals surface area contributed by atoms with E-state index < -0.39 is 0 Å². The van der Waals surface area contributed by atoms with Crippen LogP contribution >= 0.6 is 11.3 Å². The molecule has 0 aliphatic heterocycles. The van der Waals surface area contributed by atoms with Gasteiger partial charge in [0.25, 0.3) is 0 Å². The summed E-state index contributed by atoms with van der Waals surface area (Å²) in [5, 5.41) is 4.38. The molecule has 0 fully saturated rings. The average molecular weight is 274 g/mol. The van der Waals surface area contributed by atoms with E-state index in [1.807, 2.05) is 0 Å². The van der Waals surface area contributed by atoms with Crippen LogP contribution in [-0.2, 0) is 13.1 Å². The zero-order valence-electron chi connectivity index (χ0n) is 12.0. The van der Waals surface area contributed by atoms with Gasteiger partial charge in [-0.15, -0.1) is 0 Å². The molecule has 2 heterocycles. The number of nitrogens with zero attached hydrogens (tertiary/aromatic N) is 2. The molecule has 1 atom stereocenters. The quantitative estimate of drug-likeness (QED) is 0.782. The molecule has 2 aromatic heterocycles. The molecule has 2 aromatic rings. The largest absolute Gasteiger partial charge is 0.291 e. The summed E-state index contributed by atoms with van der Waals surface area (Å²) in [6, 6.07) is 9.05. The molecule has 0 radical (unpaired) electrons. The first-order chi connectivity index (χ1) is 9.19. The maximum atomic E-state index is 4.62. The van der Waals surface area contributed by atoms with E-state index in [0.717, 1.165) is 30.9 Å². The van der Waals surface area contributed by atoms with Crippen LogP contribution in [0.4, 0.5) is 0 Å². The average Bonchev–Trinajstić information content (AvgIpc) is 2.90. The number of hydrogen-bond acceptors (Lipinski definition) is 3. The van der Waals surface area contributed by atoms with Gasteiger partial charge in [-0.3, -0.25) is 9.88 Å². The van der Waals surface area contributed by atoms with Gasteiger partial charge in [-0.2, -0.15) is 11.3 Å². The lowest BCUT2D eigenvalue weighted by atomic mass is 10.1. The Morgan fingerprint density at radius 1 is 1.26 bits per heavy atom. The third-order valence-electron chi connectivity index (χ3n) is 3.49. The van der Waals surface area contributed by atoms with Crippen LogP contribution in [0.3, 0.4) is 0 Å². The van der Waals surface area contributed by atoms with Crippen LogP contribution in [0, 0.1) is 6.92 Å². The number of aromatic nitrogens is 1. The Hall–Kier alpha value is -1.19. The lowest BCUT2D eigenvalue weighted by Gasteiger charge is -2.27. The zero-order valence-corrected chi connectivity index (χ0v) is 12.8. The fourth-order valence-electron chi connectivity index (χ4n) is 2.14. The minimum absolute atomic E-state index is 0.571. The maximum Gasteiger partial charge on any atom is 0.0547 e. The topological polar surface area (TPSA) is 16.1 Å². The molecule has 1 unspecified atom stereocenters. The highest BCUT2D eigenvalue weighted by molar-refractivity contribution is 7.07. The molecule has 0 saturated carbocycles. The highest BCUT2D eigenvalue weighted by Gasteiger charge is 2.14. The summed E-state index contributed by atoms with van der Waals surface area (Å²) < 4.78 is 0. The van der Waals surface area contributed by atoms with E-state index in [4.69, 9.17) is 0 Å². The van der Waals surface area contributed by atoms with Crippen LogP contribution < -0.4 is 0 Å². The van der Waals surface area contributed by atoms with Crippen molar-refractivity contribution in [2.45, 2.75) is 46.3 Å². The van der Waals surface area contributed by atoms with Crippen molar-refractivity contribution in [1.29, 1.82) is 0 Å². The van der Waals surface area contributed by atoms with Gasteiger partial charge in [0.2, 0.25) is 0 Å². The molecule has 0 N–H and O–H groups in total. The van der Waals surface area contributed by atoms with Crippen LogP contribution in [0.5, 0.6) is 0 Å². The Kier molecular flexibility index (Phi) is 5.11. The third-order valence-corrected chi connectivity index (χ3v) is 4.22. The van der Waals surface area contributed by atoms with E-state index in [-0.39, 0.29) is 0 Å².